The molecule has 1 aromatic carbocycles. The van der Waals surface area contributed by atoms with Crippen molar-refractivity contribution in [2.45, 2.75) is 33.4 Å². The molecule has 1 saturated heterocycles. The van der Waals surface area contributed by atoms with Crippen molar-refractivity contribution in [1.29, 1.82) is 0 Å². The maximum Gasteiger partial charge on any atom is 0.349 e. The number of nitrogens with zero attached hydrogens (tertiary/aromatic N) is 2. The highest BCUT2D eigenvalue weighted by atomic mass is 35.7. The van der Waals surface area contributed by atoms with Gasteiger partial charge in [-0.1, -0.05) is 58.5 Å². The lowest BCUT2D eigenvalue weighted by Crippen LogP contribution is -2.75. The van der Waals surface area contributed by atoms with Gasteiger partial charge in [-0.25, -0.2) is 4.79 Å². The summed E-state index contributed by atoms with van der Waals surface area (Å²) in [5.41, 5.74) is 0.407. The van der Waals surface area contributed by atoms with Crippen molar-refractivity contribution >= 4 is 91.8 Å². The fourth-order valence-electron chi connectivity index (χ4n) is 3.34. The second kappa shape index (κ2) is 8.47. The van der Waals surface area contributed by atoms with Crippen molar-refractivity contribution in [3.63, 3.8) is 0 Å². The monoisotopic (exact) mass is 546 g/mol. The van der Waals surface area contributed by atoms with Gasteiger partial charge in [0.25, 0.3) is 11.8 Å². The van der Waals surface area contributed by atoms with E-state index in [1.54, 1.807) is 12.1 Å². The quantitative estimate of drug-likeness (QED) is 0.176. The number of esters is 1. The van der Waals surface area contributed by atoms with E-state index in [2.05, 4.69) is 0 Å². The summed E-state index contributed by atoms with van der Waals surface area (Å²) in [5, 5.41) is 0. The highest BCUT2D eigenvalue weighted by molar-refractivity contribution is 8.22. The molecule has 0 aliphatic carbocycles. The maximum atomic E-state index is 13.1. The summed E-state index contributed by atoms with van der Waals surface area (Å²) >= 11 is 23.6. The SMILES string of the molecule is CC(C)(SCl)C(Cl)(C(=O)OCC(Cl)(Cl)Cl)N1CC(N2C(=O)c3ccccc3C2=O)C1=O. The van der Waals surface area contributed by atoms with Gasteiger partial charge in [0.05, 0.1) is 22.4 Å². The van der Waals surface area contributed by atoms with E-state index >= 15 is 0 Å². The summed E-state index contributed by atoms with van der Waals surface area (Å²) in [5.74, 6) is -2.96. The molecule has 1 aromatic rings. The van der Waals surface area contributed by atoms with E-state index < -0.39 is 49.9 Å². The second-order valence-electron chi connectivity index (χ2n) is 7.39. The molecule has 2 heterocycles. The smallest absolute Gasteiger partial charge is 0.349 e. The molecule has 2 atom stereocenters. The zero-order valence-electron chi connectivity index (χ0n) is 16.0. The van der Waals surface area contributed by atoms with E-state index in [0.29, 0.717) is 11.0 Å². The topological polar surface area (TPSA) is 84.0 Å². The molecule has 3 amide bonds. The van der Waals surface area contributed by atoms with Gasteiger partial charge in [-0.2, -0.15) is 0 Å². The highest BCUT2D eigenvalue weighted by Crippen LogP contribution is 2.48. The van der Waals surface area contributed by atoms with Gasteiger partial charge in [0.15, 0.2) is 0 Å². The van der Waals surface area contributed by atoms with Gasteiger partial charge in [-0.15, -0.1) is 0 Å². The number of hydrogen-bond donors (Lipinski definition) is 0. The van der Waals surface area contributed by atoms with Crippen LogP contribution in [0.3, 0.4) is 0 Å². The van der Waals surface area contributed by atoms with Gasteiger partial charge in [0.1, 0.15) is 12.6 Å². The first-order chi connectivity index (χ1) is 14.3. The third-order valence-corrected chi connectivity index (χ3v) is 8.15. The minimum Gasteiger partial charge on any atom is -0.458 e. The predicted octanol–water partition coefficient (Wildman–Crippen LogP) is 4.01. The fourth-order valence-corrected chi connectivity index (χ4v) is 4.58. The van der Waals surface area contributed by atoms with Crippen LogP contribution in [-0.2, 0) is 14.3 Å². The maximum absolute atomic E-state index is 13.1. The van der Waals surface area contributed by atoms with Crippen LogP contribution in [-0.4, -0.2) is 66.2 Å². The average molecular weight is 549 g/mol. The van der Waals surface area contributed by atoms with Crippen LogP contribution in [0.25, 0.3) is 0 Å². The number of hydrogen-bond acceptors (Lipinski definition) is 6. The number of amides is 3. The summed E-state index contributed by atoms with van der Waals surface area (Å²) in [6.45, 7) is 2.24. The Morgan fingerprint density at radius 1 is 1.10 bits per heavy atom. The Balaban J connectivity index is 1.86. The Bertz CT molecular complexity index is 934. The number of alkyl halides is 4. The van der Waals surface area contributed by atoms with Crippen LogP contribution in [0, 0.1) is 0 Å². The van der Waals surface area contributed by atoms with Gasteiger partial charge >= 0.3 is 5.97 Å². The van der Waals surface area contributed by atoms with Gasteiger partial charge in [0.2, 0.25) is 14.7 Å². The summed E-state index contributed by atoms with van der Waals surface area (Å²) in [6, 6.07) is 5.12. The van der Waals surface area contributed by atoms with Crippen molar-refractivity contribution in [2.75, 3.05) is 13.2 Å². The molecule has 0 bridgehead atoms. The first-order valence-corrected chi connectivity index (χ1v) is 11.9. The van der Waals surface area contributed by atoms with Crippen molar-refractivity contribution in [2.24, 2.45) is 0 Å². The highest BCUT2D eigenvalue weighted by Gasteiger charge is 2.64. The van der Waals surface area contributed by atoms with Gasteiger partial charge < -0.3 is 9.64 Å². The van der Waals surface area contributed by atoms with Gasteiger partial charge in [-0.05, 0) is 47.6 Å². The number of rotatable bonds is 6. The molecule has 0 saturated carbocycles. The molecule has 2 unspecified atom stereocenters. The Kier molecular flexibility index (Phi) is 6.75. The fraction of sp³-hybridized carbons (Fsp3) is 0.444. The Morgan fingerprint density at radius 2 is 1.61 bits per heavy atom. The Labute approximate surface area is 206 Å². The normalized spacial score (nSPS) is 21.0. The molecule has 0 radical (unpaired) electrons. The minimum absolute atomic E-state index is 0.197. The number of halogens is 5. The van der Waals surface area contributed by atoms with Crippen LogP contribution in [0.2, 0.25) is 0 Å². The predicted molar refractivity (Wildman–Crippen MR) is 120 cm³/mol. The number of carbonyl (C=O) groups is 4. The molecule has 1 fully saturated rings. The molecule has 168 valence electrons. The molecule has 2 aliphatic heterocycles. The first-order valence-electron chi connectivity index (χ1n) is 8.77. The molecular weight excluding hydrogens is 534 g/mol. The second-order valence-corrected chi connectivity index (χ2v) is 12.1. The summed E-state index contributed by atoms with van der Waals surface area (Å²) < 4.78 is 1.88. The van der Waals surface area contributed by atoms with Crippen LogP contribution in [0.5, 0.6) is 0 Å². The van der Waals surface area contributed by atoms with Gasteiger partial charge in [0, 0.05) is 0 Å². The summed E-state index contributed by atoms with van der Waals surface area (Å²) in [7, 11) is 6.64. The third-order valence-electron chi connectivity index (χ3n) is 5.04. The molecule has 7 nitrogen and oxygen atoms in total. The number of imide groups is 1. The Hall–Kier alpha value is -0.900. The number of likely N-dealkylation sites (tertiary alicyclic amines) is 1. The van der Waals surface area contributed by atoms with E-state index in [1.165, 1.54) is 26.0 Å². The van der Waals surface area contributed by atoms with Crippen LogP contribution < -0.4 is 0 Å². The number of ether oxygens (including phenoxy) is 1. The zero-order valence-corrected chi connectivity index (χ0v) is 20.6. The van der Waals surface area contributed by atoms with Gasteiger partial charge in [-0.3, -0.25) is 19.3 Å². The van der Waals surface area contributed by atoms with Crippen LogP contribution in [0.1, 0.15) is 34.6 Å². The van der Waals surface area contributed by atoms with E-state index in [-0.39, 0.29) is 17.7 Å². The molecule has 31 heavy (non-hydrogen) atoms. The van der Waals surface area contributed by atoms with Crippen LogP contribution >= 0.6 is 68.1 Å². The molecule has 2 aliphatic rings. The zero-order chi connectivity index (χ0) is 23.4. The van der Waals surface area contributed by atoms with E-state index in [0.717, 1.165) is 9.80 Å². The molecule has 13 heteroatoms. The molecule has 0 spiro atoms. The van der Waals surface area contributed by atoms with E-state index in [1.807, 2.05) is 0 Å². The third kappa shape index (κ3) is 4.11. The van der Waals surface area contributed by atoms with Crippen LogP contribution in [0.15, 0.2) is 24.3 Å². The molecule has 3 rings (SSSR count). The lowest BCUT2D eigenvalue weighted by Gasteiger charge is -2.53. The largest absolute Gasteiger partial charge is 0.458 e. The summed E-state index contributed by atoms with van der Waals surface area (Å²) in [6.07, 6.45) is 0. The van der Waals surface area contributed by atoms with Crippen molar-refractivity contribution < 1.29 is 23.9 Å². The number of β-lactam (4-membered cyclic amide) rings is 1. The number of fused-ring (bicyclic) bond motifs is 1. The van der Waals surface area contributed by atoms with E-state index in [4.69, 9.17) is 61.8 Å². The average Bonchev–Trinajstić information content (AvgIpc) is 2.95. The van der Waals surface area contributed by atoms with Crippen LogP contribution in [0.4, 0.5) is 0 Å². The standard InChI is InChI=1S/C18H15Cl5N2O5S/c1-16(2,31-23)18(22,15(29)30-8-17(19,20)21)24-7-11(14(24)28)25-12(26)9-5-3-4-6-10(9)13(25)27/h3-6,11H,7-8H2,1-2H3. The molecule has 0 aromatic heterocycles. The lowest BCUT2D eigenvalue weighted by molar-refractivity contribution is -0.169. The minimum atomic E-state index is -2.10. The Morgan fingerprint density at radius 3 is 2.03 bits per heavy atom. The molecule has 0 N–H and O–H groups in total. The number of carbonyl (C=O) groups excluding carboxylic acids is 4. The van der Waals surface area contributed by atoms with Crippen molar-refractivity contribution in [3.05, 3.63) is 35.4 Å². The number of benzene rings is 1. The molecular formula is C18H15Cl5N2O5S. The lowest BCUT2D eigenvalue weighted by atomic mass is 9.93. The summed E-state index contributed by atoms with van der Waals surface area (Å²) in [4.78, 5) is 51.1. The first kappa shape index (κ1) is 24.7. The van der Waals surface area contributed by atoms with Crippen molar-refractivity contribution in [3.8, 4) is 0 Å². The van der Waals surface area contributed by atoms with E-state index in [9.17, 15) is 19.2 Å². The van der Waals surface area contributed by atoms with Crippen molar-refractivity contribution in [1.82, 2.24) is 9.80 Å².